The molecule has 0 fully saturated rings. The predicted octanol–water partition coefficient (Wildman–Crippen LogP) is 24.5. The number of rotatable bonds is 66. The molecule has 80 heavy (non-hydrogen) atoms. The summed E-state index contributed by atoms with van der Waals surface area (Å²) in [5.41, 5.74) is 0. The number of carbonyl (C=O) groups excluding carboxylic acids is 3. The highest BCUT2D eigenvalue weighted by atomic mass is 16.6. The van der Waals surface area contributed by atoms with Gasteiger partial charge >= 0.3 is 17.9 Å². The van der Waals surface area contributed by atoms with Gasteiger partial charge in [0.05, 0.1) is 0 Å². The van der Waals surface area contributed by atoms with Crippen molar-refractivity contribution in [1.29, 1.82) is 0 Å². The molecule has 0 N–H and O–H groups in total. The van der Waals surface area contributed by atoms with Crippen molar-refractivity contribution >= 4 is 17.9 Å². The molecule has 1 unspecified atom stereocenters. The van der Waals surface area contributed by atoms with Crippen molar-refractivity contribution in [2.45, 2.75) is 393 Å². The van der Waals surface area contributed by atoms with E-state index in [-0.39, 0.29) is 31.1 Å². The average Bonchev–Trinajstić information content (AvgIpc) is 3.46. The predicted molar refractivity (Wildman–Crippen MR) is 349 cm³/mol. The third-order valence-electron chi connectivity index (χ3n) is 16.1. The van der Waals surface area contributed by atoms with Crippen LogP contribution in [0.4, 0.5) is 0 Å². The molecule has 0 bridgehead atoms. The van der Waals surface area contributed by atoms with Gasteiger partial charge < -0.3 is 14.2 Å². The van der Waals surface area contributed by atoms with Gasteiger partial charge in [0.25, 0.3) is 0 Å². The number of hydrogen-bond acceptors (Lipinski definition) is 6. The van der Waals surface area contributed by atoms with Crippen LogP contribution in [-0.2, 0) is 28.6 Å². The summed E-state index contributed by atoms with van der Waals surface area (Å²) in [6.07, 6.45) is 87.1. The van der Waals surface area contributed by atoms with E-state index in [4.69, 9.17) is 14.2 Å². The van der Waals surface area contributed by atoms with Crippen molar-refractivity contribution in [3.63, 3.8) is 0 Å². The van der Waals surface area contributed by atoms with Gasteiger partial charge in [0.2, 0.25) is 0 Å². The van der Waals surface area contributed by atoms with Gasteiger partial charge in [0.15, 0.2) is 6.10 Å². The summed E-state index contributed by atoms with van der Waals surface area (Å²) in [6.45, 7) is 6.66. The first-order valence-electron chi connectivity index (χ1n) is 35.6. The van der Waals surface area contributed by atoms with E-state index in [1.807, 2.05) is 0 Å². The third kappa shape index (κ3) is 66.2. The molecule has 0 saturated heterocycles. The minimum absolute atomic E-state index is 0.0754. The molecule has 1 atom stereocenters. The Bertz CT molecular complexity index is 1380. The monoisotopic (exact) mass is 1120 g/mol. The first-order chi connectivity index (χ1) is 39.5. The Balaban J connectivity index is 4.27. The topological polar surface area (TPSA) is 78.9 Å². The van der Waals surface area contributed by atoms with Gasteiger partial charge in [-0.2, -0.15) is 0 Å². The van der Waals surface area contributed by atoms with Gasteiger partial charge in [-0.05, 0) is 83.5 Å². The van der Waals surface area contributed by atoms with Crippen LogP contribution in [0.5, 0.6) is 0 Å². The van der Waals surface area contributed by atoms with Gasteiger partial charge in [0, 0.05) is 19.3 Å². The Labute approximate surface area is 498 Å². The van der Waals surface area contributed by atoms with Crippen LogP contribution in [0.2, 0.25) is 0 Å². The van der Waals surface area contributed by atoms with Crippen LogP contribution in [0, 0.1) is 0 Å². The van der Waals surface area contributed by atoms with E-state index in [1.54, 1.807) is 0 Å². The zero-order valence-corrected chi connectivity index (χ0v) is 53.9. The SMILES string of the molecule is CCCCC/C=C\C/C=C\CCCCCCCC(=O)OCC(COC(=O)CCCCCCCCCCCCCCCCCCCCCCCCCCCC)OC(=O)CCCCCCCCCCC/C=C\C/C=C\CCCCCCC. The molecule has 6 nitrogen and oxygen atoms in total. The number of unbranched alkanes of at least 4 members (excludes halogenated alkanes) is 47. The van der Waals surface area contributed by atoms with Crippen LogP contribution in [0.15, 0.2) is 48.6 Å². The van der Waals surface area contributed by atoms with Crippen molar-refractivity contribution < 1.29 is 28.6 Å². The molecule has 0 aliphatic heterocycles. The first-order valence-corrected chi connectivity index (χ1v) is 35.6. The van der Waals surface area contributed by atoms with E-state index in [2.05, 4.69) is 69.4 Å². The summed E-state index contributed by atoms with van der Waals surface area (Å²) in [5.74, 6) is -0.868. The van der Waals surface area contributed by atoms with Crippen LogP contribution in [0.25, 0.3) is 0 Å². The second kappa shape index (κ2) is 68.9. The Morgan fingerprint density at radius 3 is 0.713 bits per heavy atom. The highest BCUT2D eigenvalue weighted by molar-refractivity contribution is 5.71. The van der Waals surface area contributed by atoms with Gasteiger partial charge in [0.1, 0.15) is 13.2 Å². The largest absolute Gasteiger partial charge is 0.462 e. The van der Waals surface area contributed by atoms with Crippen molar-refractivity contribution in [3.8, 4) is 0 Å². The Morgan fingerprint density at radius 2 is 0.450 bits per heavy atom. The Morgan fingerprint density at radius 1 is 0.250 bits per heavy atom. The van der Waals surface area contributed by atoms with Crippen LogP contribution in [0.1, 0.15) is 387 Å². The summed E-state index contributed by atoms with van der Waals surface area (Å²) in [6, 6.07) is 0. The zero-order valence-electron chi connectivity index (χ0n) is 53.9. The van der Waals surface area contributed by atoms with Crippen LogP contribution in [-0.4, -0.2) is 37.2 Å². The fraction of sp³-hybridized carbons (Fsp3) is 0.851. The molecule has 0 aromatic rings. The van der Waals surface area contributed by atoms with Gasteiger partial charge in [-0.1, -0.05) is 333 Å². The second-order valence-corrected chi connectivity index (χ2v) is 24.1. The summed E-state index contributed by atoms with van der Waals surface area (Å²) >= 11 is 0. The normalized spacial score (nSPS) is 12.3. The molecule has 0 radical (unpaired) electrons. The average molecular weight is 1120 g/mol. The lowest BCUT2D eigenvalue weighted by molar-refractivity contribution is -0.167. The van der Waals surface area contributed by atoms with E-state index >= 15 is 0 Å². The summed E-state index contributed by atoms with van der Waals surface area (Å²) < 4.78 is 17.0. The number of hydrogen-bond donors (Lipinski definition) is 0. The van der Waals surface area contributed by atoms with Gasteiger partial charge in [-0.25, -0.2) is 0 Å². The van der Waals surface area contributed by atoms with Crippen molar-refractivity contribution in [2.75, 3.05) is 13.2 Å². The van der Waals surface area contributed by atoms with Crippen molar-refractivity contribution in [1.82, 2.24) is 0 Å². The molecule has 0 aromatic carbocycles. The highest BCUT2D eigenvalue weighted by Gasteiger charge is 2.19. The summed E-state index contributed by atoms with van der Waals surface area (Å²) in [5, 5.41) is 0. The number of esters is 3. The lowest BCUT2D eigenvalue weighted by Gasteiger charge is -2.18. The molecule has 0 aliphatic carbocycles. The molecule has 0 amide bonds. The molecule has 0 rings (SSSR count). The molecule has 6 heteroatoms. The minimum atomic E-state index is -0.781. The number of allylic oxidation sites excluding steroid dienone is 8. The second-order valence-electron chi connectivity index (χ2n) is 24.1. The maximum atomic E-state index is 13.0. The summed E-state index contributed by atoms with van der Waals surface area (Å²) in [7, 11) is 0. The molecular weight excluding hydrogens is 985 g/mol. The standard InChI is InChI=1S/C74H136O6/c1-4-7-10-13-16-19-22-25-28-30-32-34-35-36-37-38-40-41-43-46-49-52-55-58-61-64-67-73(76)79-70-71(69-78-72(75)66-63-60-57-54-51-48-45-27-24-21-18-15-12-9-6-3)80-74(77)68-65-62-59-56-53-50-47-44-42-39-33-31-29-26-23-20-17-14-11-8-5-2/h18,21,23,26-27,31,33,45,71H,4-17,19-20,22,24-25,28-30,32,34-44,46-70H2,1-3H3/b21-18-,26-23-,33-31-,45-27-. The fourth-order valence-electron chi connectivity index (χ4n) is 10.7. The smallest absolute Gasteiger partial charge is 0.306 e. The molecule has 0 heterocycles. The number of carbonyl (C=O) groups is 3. The lowest BCUT2D eigenvalue weighted by Crippen LogP contribution is -2.30. The maximum Gasteiger partial charge on any atom is 0.306 e. The molecule has 0 aromatic heterocycles. The lowest BCUT2D eigenvalue weighted by atomic mass is 10.0. The van der Waals surface area contributed by atoms with E-state index in [0.29, 0.717) is 19.3 Å². The quantitative estimate of drug-likeness (QED) is 0.0261. The Hall–Kier alpha value is -2.63. The van der Waals surface area contributed by atoms with Gasteiger partial charge in [-0.15, -0.1) is 0 Å². The fourth-order valence-corrected chi connectivity index (χ4v) is 10.7. The van der Waals surface area contributed by atoms with E-state index in [0.717, 1.165) is 83.5 Å². The van der Waals surface area contributed by atoms with Crippen LogP contribution in [0.3, 0.4) is 0 Å². The minimum Gasteiger partial charge on any atom is -0.462 e. The van der Waals surface area contributed by atoms with Crippen molar-refractivity contribution in [3.05, 3.63) is 48.6 Å². The molecular formula is C74H136O6. The summed E-state index contributed by atoms with van der Waals surface area (Å²) in [4.78, 5) is 38.4. The zero-order chi connectivity index (χ0) is 57.8. The third-order valence-corrected chi connectivity index (χ3v) is 16.1. The molecule has 0 spiro atoms. The first kappa shape index (κ1) is 77.4. The van der Waals surface area contributed by atoms with Crippen LogP contribution >= 0.6 is 0 Å². The van der Waals surface area contributed by atoms with Gasteiger partial charge in [-0.3, -0.25) is 14.4 Å². The Kier molecular flexibility index (Phi) is 66.6. The molecule has 0 saturated carbocycles. The highest BCUT2D eigenvalue weighted by Crippen LogP contribution is 2.18. The maximum absolute atomic E-state index is 13.0. The molecule has 468 valence electrons. The van der Waals surface area contributed by atoms with E-state index < -0.39 is 6.10 Å². The molecule has 0 aliphatic rings. The van der Waals surface area contributed by atoms with Crippen molar-refractivity contribution in [2.24, 2.45) is 0 Å². The van der Waals surface area contributed by atoms with Crippen LogP contribution < -0.4 is 0 Å². The van der Waals surface area contributed by atoms with E-state index in [9.17, 15) is 14.4 Å². The number of ether oxygens (including phenoxy) is 3. The van der Waals surface area contributed by atoms with E-state index in [1.165, 1.54) is 263 Å².